The van der Waals surface area contributed by atoms with E-state index in [1.807, 2.05) is 0 Å². The topological polar surface area (TPSA) is 156 Å². The molecule has 1 fully saturated rings. The fraction of sp³-hybridized carbons (Fsp3) is 0.375. The summed E-state index contributed by atoms with van der Waals surface area (Å²) < 4.78 is 36.5. The van der Waals surface area contributed by atoms with E-state index in [9.17, 15) is 18.0 Å². The number of nitrogens with zero attached hydrogens (tertiary/aromatic N) is 3. The molecule has 0 bridgehead atoms. The molecule has 1 aromatic carbocycles. The summed E-state index contributed by atoms with van der Waals surface area (Å²) >= 11 is 0. The Bertz CT molecular complexity index is 913. The van der Waals surface area contributed by atoms with Crippen molar-refractivity contribution in [1.82, 2.24) is 9.62 Å². The SMILES string of the molecule is CO/N=C(/CO/N=C\c1ccc(OC)cc1)C(=O)N[C@@H]1C(=O)N(S(=O)(=O)O)[C@H]1C. The van der Waals surface area contributed by atoms with Crippen molar-refractivity contribution in [3.63, 3.8) is 0 Å². The highest BCUT2D eigenvalue weighted by Gasteiger charge is 2.51. The van der Waals surface area contributed by atoms with Crippen molar-refractivity contribution in [2.45, 2.75) is 19.0 Å². The Kier molecular flexibility index (Phi) is 7.12. The second-order valence-corrected chi connectivity index (χ2v) is 7.09. The molecule has 0 saturated carbocycles. The summed E-state index contributed by atoms with van der Waals surface area (Å²) in [5.41, 5.74) is 0.490. The first-order valence-corrected chi connectivity index (χ1v) is 9.59. The third-order valence-corrected chi connectivity index (χ3v) is 4.94. The minimum atomic E-state index is -4.69. The van der Waals surface area contributed by atoms with Crippen molar-refractivity contribution in [3.05, 3.63) is 29.8 Å². The molecule has 1 aromatic rings. The molecule has 1 heterocycles. The average Bonchev–Trinajstić information content (AvgIpc) is 2.67. The van der Waals surface area contributed by atoms with Crippen LogP contribution in [0.15, 0.2) is 34.6 Å². The van der Waals surface area contributed by atoms with Crippen LogP contribution in [0.1, 0.15) is 12.5 Å². The Morgan fingerprint density at radius 3 is 2.48 bits per heavy atom. The lowest BCUT2D eigenvalue weighted by Gasteiger charge is -2.42. The maximum Gasteiger partial charge on any atom is 0.362 e. The Hall–Kier alpha value is -3.19. The van der Waals surface area contributed by atoms with Crippen molar-refractivity contribution in [2.24, 2.45) is 10.3 Å². The second-order valence-electron chi connectivity index (χ2n) is 5.81. The number of rotatable bonds is 9. The molecule has 1 aliphatic rings. The summed E-state index contributed by atoms with van der Waals surface area (Å²) in [6.07, 6.45) is 1.41. The number of amides is 2. The lowest BCUT2D eigenvalue weighted by Crippen LogP contribution is -2.71. The molecule has 158 valence electrons. The zero-order valence-corrected chi connectivity index (χ0v) is 16.6. The van der Waals surface area contributed by atoms with E-state index < -0.39 is 34.2 Å². The Morgan fingerprint density at radius 1 is 1.31 bits per heavy atom. The van der Waals surface area contributed by atoms with Gasteiger partial charge in [-0.1, -0.05) is 10.3 Å². The van der Waals surface area contributed by atoms with Gasteiger partial charge in [-0.05, 0) is 36.8 Å². The van der Waals surface area contributed by atoms with Gasteiger partial charge in [0.1, 0.15) is 18.9 Å². The van der Waals surface area contributed by atoms with Crippen molar-refractivity contribution < 1.29 is 37.0 Å². The zero-order valence-electron chi connectivity index (χ0n) is 15.8. The highest BCUT2D eigenvalue weighted by atomic mass is 32.2. The molecule has 0 aliphatic carbocycles. The van der Waals surface area contributed by atoms with Gasteiger partial charge < -0.3 is 19.7 Å². The summed E-state index contributed by atoms with van der Waals surface area (Å²) in [4.78, 5) is 33.7. The second kappa shape index (κ2) is 9.34. The van der Waals surface area contributed by atoms with Crippen LogP contribution in [-0.2, 0) is 29.6 Å². The molecule has 2 N–H and O–H groups in total. The van der Waals surface area contributed by atoms with Gasteiger partial charge in [0.05, 0.1) is 19.4 Å². The Balaban J connectivity index is 1.92. The van der Waals surface area contributed by atoms with Gasteiger partial charge in [0.2, 0.25) is 0 Å². The van der Waals surface area contributed by atoms with E-state index >= 15 is 0 Å². The lowest BCUT2D eigenvalue weighted by molar-refractivity contribution is -0.144. The Labute approximate surface area is 167 Å². The number of carbonyl (C=O) groups is 2. The van der Waals surface area contributed by atoms with Crippen LogP contribution in [0.3, 0.4) is 0 Å². The maximum atomic E-state index is 12.3. The lowest BCUT2D eigenvalue weighted by atomic mass is 10.0. The molecule has 13 heteroatoms. The van der Waals surface area contributed by atoms with E-state index in [0.29, 0.717) is 5.75 Å². The normalized spacial score (nSPS) is 19.7. The summed E-state index contributed by atoms with van der Waals surface area (Å²) in [6.45, 7) is 0.979. The molecule has 0 unspecified atom stereocenters. The van der Waals surface area contributed by atoms with Crippen LogP contribution in [0, 0.1) is 0 Å². The third-order valence-electron chi connectivity index (χ3n) is 3.93. The van der Waals surface area contributed by atoms with E-state index in [2.05, 4.69) is 20.5 Å². The number of nitrogens with one attached hydrogen (secondary N) is 1. The molecule has 12 nitrogen and oxygen atoms in total. The molecule has 0 spiro atoms. The molecule has 2 amide bonds. The van der Waals surface area contributed by atoms with Crippen LogP contribution in [0.2, 0.25) is 0 Å². The van der Waals surface area contributed by atoms with Crippen molar-refractivity contribution in [3.8, 4) is 5.75 Å². The van der Waals surface area contributed by atoms with Gasteiger partial charge in [-0.25, -0.2) is 4.31 Å². The summed E-state index contributed by atoms with van der Waals surface area (Å²) in [7, 11) is -1.93. The van der Waals surface area contributed by atoms with Crippen LogP contribution in [0.5, 0.6) is 5.75 Å². The minimum Gasteiger partial charge on any atom is -0.497 e. The van der Waals surface area contributed by atoms with Crippen LogP contribution in [-0.4, -0.2) is 73.9 Å². The number of hydrogen-bond donors (Lipinski definition) is 2. The standard InChI is InChI=1S/C16H20N4O8S/c1-10-14(16(22)20(10)29(23,24)25)18-15(21)13(19-27-3)9-28-17-8-11-4-6-12(26-2)7-5-11/h4-8,10,14H,9H2,1-3H3,(H,18,21)(H,23,24,25)/b17-8-,19-13-/t10-,14-/m0/s1. The van der Waals surface area contributed by atoms with Crippen molar-refractivity contribution in [2.75, 3.05) is 20.8 Å². The highest BCUT2D eigenvalue weighted by Crippen LogP contribution is 2.22. The fourth-order valence-corrected chi connectivity index (χ4v) is 3.34. The largest absolute Gasteiger partial charge is 0.497 e. The summed E-state index contributed by atoms with van der Waals surface area (Å²) in [6, 6.07) is 4.85. The van der Waals surface area contributed by atoms with Crippen molar-refractivity contribution >= 4 is 34.0 Å². The smallest absolute Gasteiger partial charge is 0.362 e. The molecule has 0 radical (unpaired) electrons. The van der Waals surface area contributed by atoms with Gasteiger partial charge in [-0.2, -0.15) is 8.42 Å². The molecule has 2 rings (SSSR count). The molecule has 0 aromatic heterocycles. The predicted octanol–water partition coefficient (Wildman–Crippen LogP) is -0.434. The van der Waals surface area contributed by atoms with E-state index in [-0.39, 0.29) is 16.6 Å². The van der Waals surface area contributed by atoms with Gasteiger partial charge in [0.25, 0.3) is 11.8 Å². The predicted molar refractivity (Wildman–Crippen MR) is 101 cm³/mol. The van der Waals surface area contributed by atoms with E-state index in [1.54, 1.807) is 31.4 Å². The van der Waals surface area contributed by atoms with E-state index in [0.717, 1.165) is 5.56 Å². The molecule has 29 heavy (non-hydrogen) atoms. The molecular weight excluding hydrogens is 408 g/mol. The number of ether oxygens (including phenoxy) is 1. The number of carbonyl (C=O) groups excluding carboxylic acids is 2. The van der Waals surface area contributed by atoms with Gasteiger partial charge >= 0.3 is 10.3 Å². The van der Waals surface area contributed by atoms with Crippen molar-refractivity contribution in [1.29, 1.82) is 0 Å². The average molecular weight is 428 g/mol. The number of β-lactam (4-membered cyclic amide) rings is 1. The zero-order chi connectivity index (χ0) is 21.6. The van der Waals surface area contributed by atoms with Crippen LogP contribution in [0.25, 0.3) is 0 Å². The first kappa shape index (κ1) is 22.1. The van der Waals surface area contributed by atoms with Gasteiger partial charge in [-0.15, -0.1) is 0 Å². The van der Waals surface area contributed by atoms with Gasteiger partial charge in [-0.3, -0.25) is 14.1 Å². The van der Waals surface area contributed by atoms with E-state index in [1.165, 1.54) is 20.2 Å². The number of methoxy groups -OCH3 is 1. The quantitative estimate of drug-likeness (QED) is 0.232. The minimum absolute atomic E-state index is 0.232. The highest BCUT2D eigenvalue weighted by molar-refractivity contribution is 7.84. The molecular formula is C16H20N4O8S. The molecule has 2 atom stereocenters. The van der Waals surface area contributed by atoms with Crippen LogP contribution < -0.4 is 10.1 Å². The molecule has 1 aliphatic heterocycles. The van der Waals surface area contributed by atoms with Gasteiger partial charge in [0.15, 0.2) is 12.3 Å². The Morgan fingerprint density at radius 2 is 1.97 bits per heavy atom. The first-order chi connectivity index (χ1) is 13.7. The summed E-state index contributed by atoms with van der Waals surface area (Å²) in [5.74, 6) is -1.10. The number of benzene rings is 1. The van der Waals surface area contributed by atoms with Crippen LogP contribution >= 0.6 is 0 Å². The fourth-order valence-electron chi connectivity index (χ4n) is 2.46. The number of hydrogen-bond acceptors (Lipinski definition) is 9. The third kappa shape index (κ3) is 5.42. The van der Waals surface area contributed by atoms with Gasteiger partial charge in [0, 0.05) is 0 Å². The maximum absolute atomic E-state index is 12.3. The molecule has 1 saturated heterocycles. The van der Waals surface area contributed by atoms with E-state index in [4.69, 9.17) is 14.1 Å². The monoisotopic (exact) mass is 428 g/mol. The first-order valence-electron chi connectivity index (χ1n) is 8.20. The number of oxime groups is 2. The van der Waals surface area contributed by atoms with Crippen LogP contribution in [0.4, 0.5) is 0 Å². The summed E-state index contributed by atoms with van der Waals surface area (Å²) in [5, 5.41) is 9.55.